The van der Waals surface area contributed by atoms with E-state index in [0.717, 1.165) is 25.8 Å². The Morgan fingerprint density at radius 3 is 2.62 bits per heavy atom. The molecular formula is C21H35N3O5. The molecule has 1 saturated heterocycles. The van der Waals surface area contributed by atoms with Crippen LogP contribution in [0.3, 0.4) is 0 Å². The zero-order chi connectivity index (χ0) is 21.8. The Morgan fingerprint density at radius 2 is 2.00 bits per heavy atom. The number of carbonyl (C=O) groups is 3. The highest BCUT2D eigenvalue weighted by Crippen LogP contribution is 2.18. The van der Waals surface area contributed by atoms with Gasteiger partial charge in [-0.25, -0.2) is 4.79 Å². The molecule has 1 heterocycles. The van der Waals surface area contributed by atoms with Crippen LogP contribution < -0.4 is 5.32 Å². The van der Waals surface area contributed by atoms with Gasteiger partial charge in [-0.2, -0.15) is 0 Å². The third-order valence-electron chi connectivity index (χ3n) is 4.64. The molecule has 0 aromatic carbocycles. The summed E-state index contributed by atoms with van der Waals surface area (Å²) < 4.78 is 5.14. The topological polar surface area (TPSA) is 99.2 Å². The predicted molar refractivity (Wildman–Crippen MR) is 111 cm³/mol. The highest BCUT2D eigenvalue weighted by Gasteiger charge is 2.25. The first-order chi connectivity index (χ1) is 13.8. The van der Waals surface area contributed by atoms with E-state index in [1.54, 1.807) is 11.8 Å². The molecule has 2 amide bonds. The molecule has 164 valence electrons. The highest BCUT2D eigenvalue weighted by atomic mass is 16.5. The van der Waals surface area contributed by atoms with Crippen molar-refractivity contribution < 1.29 is 24.2 Å². The number of likely N-dealkylation sites (tertiary alicyclic amines) is 1. The first kappa shape index (κ1) is 24.8. The van der Waals surface area contributed by atoms with Gasteiger partial charge in [-0.15, -0.1) is 0 Å². The van der Waals surface area contributed by atoms with Crippen molar-refractivity contribution in [2.75, 3.05) is 46.9 Å². The SMILES string of the molecule is C=C(C)C(=O)NC(CCCN(C)C)=C(CN1CCCCCC1=O)C(=O)OCCO. The molecule has 1 rings (SSSR count). The number of hydrogen-bond donors (Lipinski definition) is 2. The molecule has 1 fully saturated rings. The number of esters is 1. The van der Waals surface area contributed by atoms with Crippen LogP contribution in [-0.4, -0.2) is 79.6 Å². The molecule has 0 saturated carbocycles. The highest BCUT2D eigenvalue weighted by molar-refractivity contribution is 5.96. The van der Waals surface area contributed by atoms with E-state index in [2.05, 4.69) is 11.9 Å². The lowest BCUT2D eigenvalue weighted by Gasteiger charge is -2.24. The predicted octanol–water partition coefficient (Wildman–Crippen LogP) is 1.21. The average molecular weight is 410 g/mol. The summed E-state index contributed by atoms with van der Waals surface area (Å²) in [6.07, 6.45) is 4.29. The molecule has 0 bridgehead atoms. The van der Waals surface area contributed by atoms with Gasteiger partial charge in [-0.05, 0) is 53.2 Å². The first-order valence-corrected chi connectivity index (χ1v) is 10.2. The number of nitrogens with one attached hydrogen (secondary N) is 1. The summed E-state index contributed by atoms with van der Waals surface area (Å²) in [5, 5.41) is 11.8. The lowest BCUT2D eigenvalue weighted by atomic mass is 10.1. The van der Waals surface area contributed by atoms with E-state index in [1.165, 1.54) is 0 Å². The second-order valence-corrected chi connectivity index (χ2v) is 7.58. The fourth-order valence-electron chi connectivity index (χ4n) is 3.01. The summed E-state index contributed by atoms with van der Waals surface area (Å²) in [6.45, 7) is 6.22. The number of nitrogens with zero attached hydrogens (tertiary/aromatic N) is 2. The van der Waals surface area contributed by atoms with Crippen LogP contribution in [0.25, 0.3) is 0 Å². The molecule has 0 atom stereocenters. The van der Waals surface area contributed by atoms with E-state index in [-0.39, 0.29) is 37.1 Å². The zero-order valence-electron chi connectivity index (χ0n) is 18.0. The Bertz CT molecular complexity index is 628. The van der Waals surface area contributed by atoms with Crippen molar-refractivity contribution in [3.05, 3.63) is 23.4 Å². The summed E-state index contributed by atoms with van der Waals surface area (Å²) in [4.78, 5) is 41.1. The standard InChI is InChI=1S/C21H35N3O5/c1-16(2)20(27)22-18(9-8-11-23(3)4)17(21(28)29-14-13-25)15-24-12-7-5-6-10-19(24)26/h25H,1,5-15H2,2-4H3,(H,22,27). The van der Waals surface area contributed by atoms with Gasteiger partial charge < -0.3 is 25.0 Å². The van der Waals surface area contributed by atoms with E-state index in [1.807, 2.05) is 19.0 Å². The van der Waals surface area contributed by atoms with Gasteiger partial charge >= 0.3 is 5.97 Å². The number of aliphatic hydroxyl groups excluding tert-OH is 1. The number of aliphatic hydroxyl groups is 1. The van der Waals surface area contributed by atoms with Crippen molar-refractivity contribution in [2.45, 2.75) is 45.4 Å². The zero-order valence-corrected chi connectivity index (χ0v) is 18.0. The quantitative estimate of drug-likeness (QED) is 0.393. The Labute approximate surface area is 173 Å². The molecule has 0 aliphatic carbocycles. The van der Waals surface area contributed by atoms with Gasteiger partial charge in [-0.1, -0.05) is 13.0 Å². The normalized spacial score (nSPS) is 15.6. The van der Waals surface area contributed by atoms with Crippen LogP contribution in [0.15, 0.2) is 23.4 Å². The molecule has 0 aromatic heterocycles. The summed E-state index contributed by atoms with van der Waals surface area (Å²) in [5.41, 5.74) is 1.02. The number of ether oxygens (including phenoxy) is 1. The fraction of sp³-hybridized carbons (Fsp3) is 0.667. The summed E-state index contributed by atoms with van der Waals surface area (Å²) in [5.74, 6) is -1.01. The van der Waals surface area contributed by atoms with Crippen molar-refractivity contribution >= 4 is 17.8 Å². The number of rotatable bonds is 11. The smallest absolute Gasteiger partial charge is 0.337 e. The second-order valence-electron chi connectivity index (χ2n) is 7.58. The molecule has 29 heavy (non-hydrogen) atoms. The largest absolute Gasteiger partial charge is 0.460 e. The summed E-state index contributed by atoms with van der Waals surface area (Å²) in [6, 6.07) is 0. The lowest BCUT2D eigenvalue weighted by molar-refractivity contribution is -0.140. The molecule has 1 aliphatic rings. The monoisotopic (exact) mass is 409 g/mol. The molecular weight excluding hydrogens is 374 g/mol. The van der Waals surface area contributed by atoms with Gasteiger partial charge in [0.2, 0.25) is 11.8 Å². The second kappa shape index (κ2) is 13.1. The van der Waals surface area contributed by atoms with Crippen LogP contribution >= 0.6 is 0 Å². The fourth-order valence-corrected chi connectivity index (χ4v) is 3.01. The first-order valence-electron chi connectivity index (χ1n) is 10.2. The maximum absolute atomic E-state index is 12.7. The van der Waals surface area contributed by atoms with Gasteiger partial charge in [0.1, 0.15) is 6.61 Å². The van der Waals surface area contributed by atoms with E-state index >= 15 is 0 Å². The van der Waals surface area contributed by atoms with Crippen molar-refractivity contribution in [2.24, 2.45) is 0 Å². The minimum Gasteiger partial charge on any atom is -0.460 e. The Hall–Kier alpha value is -2.19. The molecule has 8 heteroatoms. The Morgan fingerprint density at radius 1 is 1.28 bits per heavy atom. The molecule has 8 nitrogen and oxygen atoms in total. The van der Waals surface area contributed by atoms with Crippen molar-refractivity contribution in [1.82, 2.24) is 15.1 Å². The van der Waals surface area contributed by atoms with Crippen LogP contribution in [0.5, 0.6) is 0 Å². The van der Waals surface area contributed by atoms with Crippen LogP contribution in [0.4, 0.5) is 0 Å². The van der Waals surface area contributed by atoms with E-state index in [0.29, 0.717) is 37.1 Å². The average Bonchev–Trinajstić information content (AvgIpc) is 2.87. The lowest BCUT2D eigenvalue weighted by Crippen LogP contribution is -2.37. The van der Waals surface area contributed by atoms with Gasteiger partial charge in [0, 0.05) is 24.2 Å². The maximum atomic E-state index is 12.7. The number of allylic oxidation sites excluding steroid dienone is 1. The van der Waals surface area contributed by atoms with Crippen molar-refractivity contribution in [1.29, 1.82) is 0 Å². The van der Waals surface area contributed by atoms with Gasteiger partial charge in [-0.3, -0.25) is 9.59 Å². The summed E-state index contributed by atoms with van der Waals surface area (Å²) in [7, 11) is 3.89. The molecule has 0 radical (unpaired) electrons. The number of amides is 2. The third-order valence-corrected chi connectivity index (χ3v) is 4.64. The van der Waals surface area contributed by atoms with Gasteiger partial charge in [0.05, 0.1) is 18.7 Å². The van der Waals surface area contributed by atoms with E-state index in [4.69, 9.17) is 9.84 Å². The minimum absolute atomic E-state index is 0.00572. The van der Waals surface area contributed by atoms with Crippen LogP contribution in [0.2, 0.25) is 0 Å². The maximum Gasteiger partial charge on any atom is 0.337 e. The molecule has 1 aliphatic heterocycles. The van der Waals surface area contributed by atoms with E-state index < -0.39 is 5.97 Å². The molecule has 0 spiro atoms. The van der Waals surface area contributed by atoms with Crippen LogP contribution in [0.1, 0.15) is 45.4 Å². The number of carbonyl (C=O) groups excluding carboxylic acids is 3. The minimum atomic E-state index is -0.627. The van der Waals surface area contributed by atoms with Crippen LogP contribution in [-0.2, 0) is 19.1 Å². The van der Waals surface area contributed by atoms with Crippen molar-refractivity contribution in [3.8, 4) is 0 Å². The van der Waals surface area contributed by atoms with E-state index in [9.17, 15) is 14.4 Å². The third kappa shape index (κ3) is 9.23. The van der Waals surface area contributed by atoms with Gasteiger partial charge in [0.25, 0.3) is 0 Å². The summed E-state index contributed by atoms with van der Waals surface area (Å²) >= 11 is 0. The van der Waals surface area contributed by atoms with Gasteiger partial charge in [0.15, 0.2) is 0 Å². The Kier molecular flexibility index (Phi) is 11.2. The molecule has 2 N–H and O–H groups in total. The molecule has 0 unspecified atom stereocenters. The Balaban J connectivity index is 3.20. The van der Waals surface area contributed by atoms with Crippen molar-refractivity contribution in [3.63, 3.8) is 0 Å². The number of hydrogen-bond acceptors (Lipinski definition) is 6. The molecule has 0 aromatic rings. The van der Waals surface area contributed by atoms with Crippen LogP contribution in [0, 0.1) is 0 Å².